The molecule has 0 spiro atoms. The molecule has 0 bridgehead atoms. The standard InChI is InChI=1S/C34H34FNO7/c1-5-6-16-42-34(39)21-7-11-24(12-8-21)36-30(22-9-13-27(28(18-22)40-4)41-17-15-20(2)3)29-31(37)25-19-23(35)10-14-26(25)43-32(29)33(36)38/h7-14,18-20,30H,5-6,15-17H2,1-4H3. The summed E-state index contributed by atoms with van der Waals surface area (Å²) in [5.41, 5.74) is 1.01. The lowest BCUT2D eigenvalue weighted by Crippen LogP contribution is -2.29. The molecule has 3 aromatic carbocycles. The van der Waals surface area contributed by atoms with Crippen molar-refractivity contribution in [3.8, 4) is 11.5 Å². The second-order valence-corrected chi connectivity index (χ2v) is 10.9. The van der Waals surface area contributed by atoms with E-state index < -0.39 is 29.2 Å². The Morgan fingerprint density at radius 2 is 1.77 bits per heavy atom. The van der Waals surface area contributed by atoms with Crippen molar-refractivity contribution < 1.29 is 32.6 Å². The van der Waals surface area contributed by atoms with E-state index >= 15 is 0 Å². The molecule has 224 valence electrons. The molecule has 0 aliphatic carbocycles. The summed E-state index contributed by atoms with van der Waals surface area (Å²) in [6.45, 7) is 7.04. The number of nitrogens with zero attached hydrogens (tertiary/aromatic N) is 1. The maximum absolute atomic E-state index is 14.2. The van der Waals surface area contributed by atoms with Crippen LogP contribution in [0.4, 0.5) is 10.1 Å². The van der Waals surface area contributed by atoms with E-state index in [9.17, 15) is 18.8 Å². The molecular formula is C34H34FNO7. The van der Waals surface area contributed by atoms with Crippen LogP contribution in [-0.4, -0.2) is 32.2 Å². The van der Waals surface area contributed by atoms with Gasteiger partial charge in [0.25, 0.3) is 5.91 Å². The van der Waals surface area contributed by atoms with Crippen molar-refractivity contribution in [2.45, 2.75) is 46.1 Å². The van der Waals surface area contributed by atoms with E-state index in [-0.39, 0.29) is 22.3 Å². The molecule has 2 heterocycles. The zero-order valence-corrected chi connectivity index (χ0v) is 24.6. The average Bonchev–Trinajstić information content (AvgIpc) is 3.29. The van der Waals surface area contributed by atoms with Crippen LogP contribution in [0.25, 0.3) is 11.0 Å². The molecule has 9 heteroatoms. The fraction of sp³-hybridized carbons (Fsp3) is 0.324. The van der Waals surface area contributed by atoms with E-state index in [1.807, 2.05) is 6.92 Å². The van der Waals surface area contributed by atoms with E-state index in [0.29, 0.717) is 47.4 Å². The number of benzene rings is 3. The third-order valence-corrected chi connectivity index (χ3v) is 7.40. The van der Waals surface area contributed by atoms with Gasteiger partial charge < -0.3 is 18.6 Å². The minimum atomic E-state index is -0.924. The van der Waals surface area contributed by atoms with Crippen LogP contribution in [0.1, 0.15) is 78.1 Å². The monoisotopic (exact) mass is 587 g/mol. The first-order chi connectivity index (χ1) is 20.7. The highest BCUT2D eigenvalue weighted by Crippen LogP contribution is 2.43. The predicted octanol–water partition coefficient (Wildman–Crippen LogP) is 7.07. The first-order valence-electron chi connectivity index (χ1n) is 14.4. The Bertz CT molecular complexity index is 1710. The Balaban J connectivity index is 1.60. The predicted molar refractivity (Wildman–Crippen MR) is 161 cm³/mol. The van der Waals surface area contributed by atoms with E-state index in [1.54, 1.807) is 42.5 Å². The van der Waals surface area contributed by atoms with Crippen molar-refractivity contribution in [3.63, 3.8) is 0 Å². The highest BCUT2D eigenvalue weighted by atomic mass is 19.1. The maximum Gasteiger partial charge on any atom is 0.338 e. The van der Waals surface area contributed by atoms with Crippen LogP contribution < -0.4 is 19.8 Å². The topological polar surface area (TPSA) is 95.3 Å². The van der Waals surface area contributed by atoms with Gasteiger partial charge in [-0.05, 0) is 78.9 Å². The summed E-state index contributed by atoms with van der Waals surface area (Å²) in [5.74, 6) is -0.307. The van der Waals surface area contributed by atoms with Crippen LogP contribution in [0, 0.1) is 11.7 Å². The number of esters is 1. The summed E-state index contributed by atoms with van der Waals surface area (Å²) >= 11 is 0. The zero-order valence-electron chi connectivity index (χ0n) is 24.6. The van der Waals surface area contributed by atoms with Gasteiger partial charge in [0.2, 0.25) is 5.76 Å². The Kier molecular flexibility index (Phi) is 8.80. The minimum absolute atomic E-state index is 0.0316. The number of hydrogen-bond donors (Lipinski definition) is 0. The number of ether oxygens (including phenoxy) is 3. The Morgan fingerprint density at radius 3 is 2.47 bits per heavy atom. The van der Waals surface area contributed by atoms with Gasteiger partial charge in [-0.1, -0.05) is 33.3 Å². The van der Waals surface area contributed by atoms with Crippen LogP contribution in [-0.2, 0) is 4.74 Å². The number of methoxy groups -OCH3 is 1. The van der Waals surface area contributed by atoms with Crippen LogP contribution >= 0.6 is 0 Å². The van der Waals surface area contributed by atoms with Crippen molar-refractivity contribution in [2.75, 3.05) is 25.2 Å². The largest absolute Gasteiger partial charge is 0.493 e. The zero-order chi connectivity index (χ0) is 30.7. The van der Waals surface area contributed by atoms with Crippen LogP contribution in [0.15, 0.2) is 69.9 Å². The average molecular weight is 588 g/mol. The van der Waals surface area contributed by atoms with Crippen molar-refractivity contribution in [2.24, 2.45) is 5.92 Å². The molecule has 4 aromatic rings. The van der Waals surface area contributed by atoms with Crippen LogP contribution in [0.5, 0.6) is 11.5 Å². The summed E-state index contributed by atoms with van der Waals surface area (Å²) in [7, 11) is 1.52. The number of anilines is 1. The summed E-state index contributed by atoms with van der Waals surface area (Å²) in [6, 6.07) is 14.3. The smallest absolute Gasteiger partial charge is 0.338 e. The molecule has 8 nitrogen and oxygen atoms in total. The summed E-state index contributed by atoms with van der Waals surface area (Å²) in [4.78, 5) is 41.7. The summed E-state index contributed by atoms with van der Waals surface area (Å²) < 4.78 is 37.0. The first kappa shape index (κ1) is 29.8. The van der Waals surface area contributed by atoms with Gasteiger partial charge in [0.15, 0.2) is 16.9 Å². The van der Waals surface area contributed by atoms with Gasteiger partial charge in [-0.3, -0.25) is 14.5 Å². The first-order valence-corrected chi connectivity index (χ1v) is 14.4. The lowest BCUT2D eigenvalue weighted by Gasteiger charge is -2.26. The molecule has 0 saturated heterocycles. The number of carbonyl (C=O) groups is 2. The third kappa shape index (κ3) is 5.98. The lowest BCUT2D eigenvalue weighted by atomic mass is 9.97. The molecule has 1 amide bonds. The number of carbonyl (C=O) groups excluding carboxylic acids is 2. The van der Waals surface area contributed by atoms with E-state index in [0.717, 1.165) is 25.3 Å². The van der Waals surface area contributed by atoms with Gasteiger partial charge in [0.05, 0.1) is 42.9 Å². The van der Waals surface area contributed by atoms with Crippen LogP contribution in [0.2, 0.25) is 0 Å². The molecule has 1 aliphatic heterocycles. The molecular weight excluding hydrogens is 553 g/mol. The van der Waals surface area contributed by atoms with Crippen LogP contribution in [0.3, 0.4) is 0 Å². The quantitative estimate of drug-likeness (QED) is 0.137. The highest BCUT2D eigenvalue weighted by Gasteiger charge is 2.44. The van der Waals surface area contributed by atoms with Crippen molar-refractivity contribution in [3.05, 3.63) is 99.2 Å². The highest BCUT2D eigenvalue weighted by molar-refractivity contribution is 6.10. The van der Waals surface area contributed by atoms with E-state index in [4.69, 9.17) is 18.6 Å². The molecule has 0 saturated carbocycles. The summed E-state index contributed by atoms with van der Waals surface area (Å²) in [5, 5.41) is 0.0316. The van der Waals surface area contributed by atoms with Gasteiger partial charge in [-0.2, -0.15) is 0 Å². The minimum Gasteiger partial charge on any atom is -0.493 e. The van der Waals surface area contributed by atoms with E-state index in [2.05, 4.69) is 13.8 Å². The number of fused-ring (bicyclic) bond motifs is 2. The molecule has 1 aromatic heterocycles. The third-order valence-electron chi connectivity index (χ3n) is 7.40. The van der Waals surface area contributed by atoms with Gasteiger partial charge in [0.1, 0.15) is 11.4 Å². The second kappa shape index (κ2) is 12.7. The second-order valence-electron chi connectivity index (χ2n) is 10.9. The molecule has 0 fully saturated rings. The van der Waals surface area contributed by atoms with Crippen molar-refractivity contribution >= 4 is 28.5 Å². The maximum atomic E-state index is 14.2. The number of hydrogen-bond acceptors (Lipinski definition) is 7. The Hall–Kier alpha value is -4.66. The van der Waals surface area contributed by atoms with Gasteiger partial charge in [-0.15, -0.1) is 0 Å². The molecule has 5 rings (SSSR count). The van der Waals surface area contributed by atoms with Gasteiger partial charge in [0, 0.05) is 5.69 Å². The summed E-state index contributed by atoms with van der Waals surface area (Å²) in [6.07, 6.45) is 2.52. The molecule has 1 unspecified atom stereocenters. The Labute approximate surface area is 249 Å². The van der Waals surface area contributed by atoms with Gasteiger partial charge in [-0.25, -0.2) is 9.18 Å². The van der Waals surface area contributed by atoms with Crippen molar-refractivity contribution in [1.82, 2.24) is 0 Å². The fourth-order valence-electron chi connectivity index (χ4n) is 5.06. The van der Waals surface area contributed by atoms with Crippen molar-refractivity contribution in [1.29, 1.82) is 0 Å². The molecule has 0 radical (unpaired) electrons. The molecule has 0 N–H and O–H groups in total. The molecule has 1 aliphatic rings. The number of rotatable bonds is 11. The van der Waals surface area contributed by atoms with Gasteiger partial charge >= 0.3 is 5.97 Å². The number of unbranched alkanes of at least 4 members (excludes halogenated alkanes) is 1. The fourth-order valence-corrected chi connectivity index (χ4v) is 5.06. The van der Waals surface area contributed by atoms with E-state index in [1.165, 1.54) is 24.1 Å². The molecule has 1 atom stereocenters. The SMILES string of the molecule is CCCCOC(=O)c1ccc(N2C(=O)c3oc4ccc(F)cc4c(=O)c3C2c2ccc(OCCC(C)C)c(OC)c2)cc1. The number of amides is 1. The number of halogens is 1. The lowest BCUT2D eigenvalue weighted by molar-refractivity contribution is 0.0499. The Morgan fingerprint density at radius 1 is 1.00 bits per heavy atom. The molecule has 43 heavy (non-hydrogen) atoms. The normalized spacial score (nSPS) is 14.3.